The number of halogens is 1. The van der Waals surface area contributed by atoms with Crippen LogP contribution in [0.5, 0.6) is 11.5 Å². The van der Waals surface area contributed by atoms with Gasteiger partial charge >= 0.3 is 11.7 Å². The van der Waals surface area contributed by atoms with Crippen molar-refractivity contribution in [2.24, 2.45) is 5.10 Å². The maximum atomic E-state index is 13.5. The van der Waals surface area contributed by atoms with Gasteiger partial charge in [0.2, 0.25) is 11.6 Å². The molecule has 196 valence electrons. The van der Waals surface area contributed by atoms with Gasteiger partial charge in [-0.1, -0.05) is 18.2 Å². The van der Waals surface area contributed by atoms with Crippen molar-refractivity contribution in [3.63, 3.8) is 0 Å². The number of fused-ring (bicyclic) bond motifs is 2. The largest absolute Gasteiger partial charge is 0.496 e. The van der Waals surface area contributed by atoms with Crippen molar-refractivity contribution in [2.75, 3.05) is 13.7 Å². The van der Waals surface area contributed by atoms with E-state index in [4.69, 9.17) is 19.0 Å². The van der Waals surface area contributed by atoms with Crippen LogP contribution in [0.25, 0.3) is 33.5 Å². The van der Waals surface area contributed by atoms with E-state index >= 15 is 0 Å². The first kappa shape index (κ1) is 25.6. The molecular formula is C26H17BrN4O8. The van der Waals surface area contributed by atoms with E-state index in [1.807, 2.05) is 0 Å². The number of aliphatic carboxylic acids is 1. The molecule has 0 atom stereocenters. The van der Waals surface area contributed by atoms with Gasteiger partial charge < -0.3 is 19.0 Å². The minimum absolute atomic E-state index is 0.100. The number of nitro benzene ring substituents is 1. The van der Waals surface area contributed by atoms with E-state index in [0.717, 1.165) is 10.7 Å². The molecule has 0 fully saturated rings. The van der Waals surface area contributed by atoms with Gasteiger partial charge in [0.05, 0.1) is 39.0 Å². The number of benzene rings is 3. The fraction of sp³-hybridized carbons (Fsp3) is 0.0769. The number of hydrogen-bond acceptors (Lipinski definition) is 9. The normalized spacial score (nSPS) is 11.3. The third-order valence-electron chi connectivity index (χ3n) is 5.62. The summed E-state index contributed by atoms with van der Waals surface area (Å²) in [4.78, 5) is 39.9. The lowest BCUT2D eigenvalue weighted by Gasteiger charge is -2.09. The zero-order chi connectivity index (χ0) is 27.7. The number of aromatic nitrogens is 2. The number of furan rings is 1. The summed E-state index contributed by atoms with van der Waals surface area (Å²) in [6, 6.07) is 16.3. The fourth-order valence-corrected chi connectivity index (χ4v) is 4.51. The molecule has 5 aromatic rings. The van der Waals surface area contributed by atoms with Gasteiger partial charge in [0.25, 0.3) is 5.56 Å². The lowest BCUT2D eigenvalue weighted by molar-refractivity contribution is -0.385. The highest BCUT2D eigenvalue weighted by atomic mass is 79.9. The van der Waals surface area contributed by atoms with E-state index in [0.29, 0.717) is 27.6 Å². The van der Waals surface area contributed by atoms with E-state index in [-0.39, 0.29) is 27.4 Å². The average Bonchev–Trinajstić information content (AvgIpc) is 3.36. The summed E-state index contributed by atoms with van der Waals surface area (Å²) < 4.78 is 17.6. The number of carboxylic acid groups (broad SMARTS) is 1. The molecule has 0 aliphatic heterocycles. The van der Waals surface area contributed by atoms with E-state index in [9.17, 15) is 19.7 Å². The Balaban J connectivity index is 1.66. The van der Waals surface area contributed by atoms with Crippen molar-refractivity contribution in [1.82, 2.24) is 9.66 Å². The summed E-state index contributed by atoms with van der Waals surface area (Å²) in [7, 11) is 1.53. The smallest absolute Gasteiger partial charge is 0.341 e. The maximum absolute atomic E-state index is 13.5. The highest BCUT2D eigenvalue weighted by Gasteiger charge is 2.22. The van der Waals surface area contributed by atoms with Crippen LogP contribution in [0, 0.1) is 10.1 Å². The molecule has 0 spiro atoms. The first-order valence-corrected chi connectivity index (χ1v) is 12.0. The van der Waals surface area contributed by atoms with Crippen LogP contribution in [0.1, 0.15) is 5.56 Å². The molecule has 12 nitrogen and oxygen atoms in total. The fourth-order valence-electron chi connectivity index (χ4n) is 3.92. The number of carbonyl (C=O) groups is 1. The molecule has 39 heavy (non-hydrogen) atoms. The van der Waals surface area contributed by atoms with Gasteiger partial charge in [-0.25, -0.2) is 9.78 Å². The number of nitrogens with zero attached hydrogens (tertiary/aromatic N) is 4. The van der Waals surface area contributed by atoms with E-state index < -0.39 is 28.7 Å². The Morgan fingerprint density at radius 1 is 1.21 bits per heavy atom. The minimum atomic E-state index is -1.29. The highest BCUT2D eigenvalue weighted by molar-refractivity contribution is 9.10. The summed E-state index contributed by atoms with van der Waals surface area (Å²) in [5, 5.41) is 25.8. The molecule has 0 unspecified atom stereocenters. The molecule has 0 radical (unpaired) electrons. The van der Waals surface area contributed by atoms with Gasteiger partial charge in [-0.2, -0.15) is 9.78 Å². The number of methoxy groups -OCH3 is 1. The van der Waals surface area contributed by atoms with Crippen molar-refractivity contribution in [1.29, 1.82) is 0 Å². The van der Waals surface area contributed by atoms with Crippen LogP contribution in [0.2, 0.25) is 0 Å². The van der Waals surface area contributed by atoms with Crippen LogP contribution in [-0.2, 0) is 4.79 Å². The van der Waals surface area contributed by atoms with E-state index in [2.05, 4.69) is 26.0 Å². The Morgan fingerprint density at radius 2 is 2.00 bits per heavy atom. The van der Waals surface area contributed by atoms with Gasteiger partial charge in [0.1, 0.15) is 11.3 Å². The third-order valence-corrected chi connectivity index (χ3v) is 6.21. The zero-order valence-corrected chi connectivity index (χ0v) is 21.6. The second-order valence-corrected chi connectivity index (χ2v) is 8.94. The molecule has 0 aliphatic rings. The predicted octanol–water partition coefficient (Wildman–Crippen LogP) is 4.83. The van der Waals surface area contributed by atoms with Gasteiger partial charge in [-0.15, -0.1) is 0 Å². The highest BCUT2D eigenvalue weighted by Crippen LogP contribution is 2.36. The van der Waals surface area contributed by atoms with Crippen LogP contribution >= 0.6 is 15.9 Å². The maximum Gasteiger partial charge on any atom is 0.341 e. The quantitative estimate of drug-likeness (QED) is 0.151. The second kappa shape index (κ2) is 10.4. The summed E-state index contributed by atoms with van der Waals surface area (Å²) >= 11 is 3.18. The topological polar surface area (TPSA) is 159 Å². The van der Waals surface area contributed by atoms with E-state index in [1.54, 1.807) is 48.5 Å². The third kappa shape index (κ3) is 4.94. The molecule has 0 saturated heterocycles. The molecule has 2 aromatic heterocycles. The molecular weight excluding hydrogens is 576 g/mol. The van der Waals surface area contributed by atoms with Crippen LogP contribution in [0.3, 0.4) is 0 Å². The number of rotatable bonds is 8. The Bertz CT molecular complexity index is 1860. The zero-order valence-electron chi connectivity index (χ0n) is 20.0. The van der Waals surface area contributed by atoms with Crippen LogP contribution in [0.4, 0.5) is 5.69 Å². The molecule has 0 amide bonds. The Hall–Kier alpha value is -5.04. The van der Waals surface area contributed by atoms with Crippen molar-refractivity contribution in [3.8, 4) is 23.1 Å². The van der Waals surface area contributed by atoms with Crippen molar-refractivity contribution < 1.29 is 28.7 Å². The summed E-state index contributed by atoms with van der Waals surface area (Å²) in [5.41, 5.74) is 0.192. The predicted molar refractivity (Wildman–Crippen MR) is 145 cm³/mol. The minimum Gasteiger partial charge on any atom is -0.496 e. The van der Waals surface area contributed by atoms with Gasteiger partial charge in [0.15, 0.2) is 12.4 Å². The lowest BCUT2D eigenvalue weighted by Crippen LogP contribution is -2.20. The Kier molecular flexibility index (Phi) is 6.81. The molecule has 0 aliphatic carbocycles. The molecule has 2 heterocycles. The van der Waals surface area contributed by atoms with Gasteiger partial charge in [-0.3, -0.25) is 14.9 Å². The Morgan fingerprint density at radius 3 is 2.74 bits per heavy atom. The monoisotopic (exact) mass is 592 g/mol. The average molecular weight is 593 g/mol. The molecule has 0 saturated carbocycles. The number of nitro groups is 1. The lowest BCUT2D eigenvalue weighted by atomic mass is 10.2. The summed E-state index contributed by atoms with van der Waals surface area (Å²) in [6.07, 6.45) is 1.24. The molecule has 1 N–H and O–H groups in total. The van der Waals surface area contributed by atoms with Gasteiger partial charge in [0, 0.05) is 11.6 Å². The second-order valence-electron chi connectivity index (χ2n) is 8.09. The Labute approximate surface area is 227 Å². The van der Waals surface area contributed by atoms with Gasteiger partial charge in [-0.05, 0) is 52.3 Å². The van der Waals surface area contributed by atoms with E-state index in [1.165, 1.54) is 19.4 Å². The van der Waals surface area contributed by atoms with Crippen LogP contribution in [0.15, 0.2) is 79.4 Å². The van der Waals surface area contributed by atoms with Crippen molar-refractivity contribution >= 4 is 55.7 Å². The first-order valence-electron chi connectivity index (χ1n) is 11.2. The van der Waals surface area contributed by atoms with Crippen molar-refractivity contribution in [2.45, 2.75) is 0 Å². The summed E-state index contributed by atoms with van der Waals surface area (Å²) in [5.74, 6) is -0.618. The first-order chi connectivity index (χ1) is 18.8. The summed E-state index contributed by atoms with van der Waals surface area (Å²) in [6.45, 7) is -0.767. The molecule has 13 heteroatoms. The van der Waals surface area contributed by atoms with Crippen molar-refractivity contribution in [3.05, 3.63) is 91.2 Å². The number of ether oxygens (including phenoxy) is 2. The molecule has 0 bridgehead atoms. The van der Waals surface area contributed by atoms with Crippen LogP contribution < -0.4 is 15.0 Å². The SMILES string of the molecule is COc1cccc2oc(-c3nc4ccccc4c(=O)n3N=Cc3cc(Br)c(OCC(=O)O)c([N+](=O)[O-])c3)cc12. The molecule has 3 aromatic carbocycles. The van der Waals surface area contributed by atoms with Crippen LogP contribution in [-0.4, -0.2) is 45.6 Å². The number of para-hydroxylation sites is 1. The number of hydrogen-bond donors (Lipinski definition) is 1. The standard InChI is InChI=1S/C26H17BrN4O8/c1-37-20-7-4-8-21-16(20)11-22(39-21)25-29-18-6-3-2-5-15(18)26(34)30(25)28-12-14-9-17(27)24(38-13-23(32)33)19(10-14)31(35)36/h2-12H,13H2,1H3,(H,32,33). The molecule has 5 rings (SSSR count). The number of carboxylic acids is 1.